The highest BCUT2D eigenvalue weighted by Gasteiger charge is 2.28. The number of anilines is 1. The Morgan fingerprint density at radius 3 is 2.52 bits per heavy atom. The maximum atomic E-state index is 14.4. The van der Waals surface area contributed by atoms with Gasteiger partial charge in [0.1, 0.15) is 28.8 Å². The van der Waals surface area contributed by atoms with Gasteiger partial charge in [0.15, 0.2) is 0 Å². The fourth-order valence-electron chi connectivity index (χ4n) is 4.43. The SMILES string of the molecule is Cc1cc(F)c(-c2nc(C(=O)Nc3cnccc3C3CC(C)[CH]C(N)C3)ccc2F)c(F)c1. The van der Waals surface area contributed by atoms with Gasteiger partial charge in [0, 0.05) is 12.2 Å². The number of nitrogens with zero attached hydrogens (tertiary/aromatic N) is 2. The van der Waals surface area contributed by atoms with Gasteiger partial charge >= 0.3 is 0 Å². The summed E-state index contributed by atoms with van der Waals surface area (Å²) in [5, 5.41) is 2.77. The molecule has 0 saturated heterocycles. The fraction of sp³-hybridized carbons (Fsp3) is 0.280. The molecule has 1 fully saturated rings. The van der Waals surface area contributed by atoms with Crippen molar-refractivity contribution in [2.75, 3.05) is 5.32 Å². The normalized spacial score (nSPS) is 20.5. The molecule has 5 nitrogen and oxygen atoms in total. The van der Waals surface area contributed by atoms with Gasteiger partial charge in [-0.05, 0) is 79.5 Å². The van der Waals surface area contributed by atoms with Gasteiger partial charge in [0.2, 0.25) is 0 Å². The lowest BCUT2D eigenvalue weighted by molar-refractivity contribution is 0.102. The highest BCUT2D eigenvalue weighted by atomic mass is 19.1. The third-order valence-corrected chi connectivity index (χ3v) is 5.83. The zero-order valence-corrected chi connectivity index (χ0v) is 18.3. The molecule has 1 amide bonds. The third-order valence-electron chi connectivity index (χ3n) is 5.83. The number of nitrogens with two attached hydrogens (primary N) is 1. The highest BCUT2D eigenvalue weighted by Crippen LogP contribution is 2.38. The van der Waals surface area contributed by atoms with Crippen LogP contribution in [0.15, 0.2) is 42.7 Å². The third kappa shape index (κ3) is 4.90. The van der Waals surface area contributed by atoms with Crippen molar-refractivity contribution >= 4 is 11.6 Å². The number of carbonyl (C=O) groups excluding carboxylic acids is 1. The number of benzene rings is 1. The molecule has 1 aromatic carbocycles. The van der Waals surface area contributed by atoms with Crippen LogP contribution in [0.1, 0.15) is 47.3 Å². The van der Waals surface area contributed by atoms with Crippen LogP contribution >= 0.6 is 0 Å². The van der Waals surface area contributed by atoms with Crippen LogP contribution in [0.4, 0.5) is 18.9 Å². The lowest BCUT2D eigenvalue weighted by atomic mass is 9.76. The van der Waals surface area contributed by atoms with Gasteiger partial charge in [-0.25, -0.2) is 18.2 Å². The lowest BCUT2D eigenvalue weighted by Gasteiger charge is -2.32. The Morgan fingerprint density at radius 1 is 1.09 bits per heavy atom. The minimum absolute atomic E-state index is 0.0453. The molecule has 4 rings (SSSR count). The maximum Gasteiger partial charge on any atom is 0.274 e. The first-order valence-corrected chi connectivity index (χ1v) is 10.7. The molecule has 3 atom stereocenters. The van der Waals surface area contributed by atoms with Gasteiger partial charge in [-0.2, -0.15) is 0 Å². The van der Waals surface area contributed by atoms with E-state index < -0.39 is 34.6 Å². The van der Waals surface area contributed by atoms with E-state index in [4.69, 9.17) is 5.73 Å². The molecule has 8 heteroatoms. The van der Waals surface area contributed by atoms with E-state index in [0.717, 1.165) is 36.6 Å². The second kappa shape index (κ2) is 9.31. The van der Waals surface area contributed by atoms with Crippen molar-refractivity contribution in [2.45, 2.75) is 38.6 Å². The lowest BCUT2D eigenvalue weighted by Crippen LogP contribution is -2.32. The van der Waals surface area contributed by atoms with Gasteiger partial charge in [-0.3, -0.25) is 9.78 Å². The van der Waals surface area contributed by atoms with Crippen molar-refractivity contribution < 1.29 is 18.0 Å². The summed E-state index contributed by atoms with van der Waals surface area (Å²) >= 11 is 0. The summed E-state index contributed by atoms with van der Waals surface area (Å²) in [6.45, 7) is 3.62. The van der Waals surface area contributed by atoms with Crippen molar-refractivity contribution in [3.8, 4) is 11.3 Å². The van der Waals surface area contributed by atoms with Crippen LogP contribution in [0.25, 0.3) is 11.3 Å². The molecule has 1 radical (unpaired) electrons. The Bertz CT molecular complexity index is 1170. The average Bonchev–Trinajstić information content (AvgIpc) is 2.74. The summed E-state index contributed by atoms with van der Waals surface area (Å²) in [5.41, 5.74) is 6.53. The van der Waals surface area contributed by atoms with E-state index in [0.29, 0.717) is 17.2 Å². The van der Waals surface area contributed by atoms with E-state index in [-0.39, 0.29) is 17.7 Å². The Balaban J connectivity index is 1.64. The van der Waals surface area contributed by atoms with Crippen molar-refractivity contribution in [2.24, 2.45) is 11.7 Å². The average molecular weight is 453 g/mol. The quantitative estimate of drug-likeness (QED) is 0.571. The molecule has 33 heavy (non-hydrogen) atoms. The molecule has 3 aromatic rings. The first kappa shape index (κ1) is 22.9. The van der Waals surface area contributed by atoms with Gasteiger partial charge < -0.3 is 11.1 Å². The smallest absolute Gasteiger partial charge is 0.274 e. The number of hydrogen-bond donors (Lipinski definition) is 2. The summed E-state index contributed by atoms with van der Waals surface area (Å²) in [6, 6.07) is 6.10. The zero-order valence-electron chi connectivity index (χ0n) is 18.3. The monoisotopic (exact) mass is 453 g/mol. The predicted molar refractivity (Wildman–Crippen MR) is 120 cm³/mol. The molecule has 3 unspecified atom stereocenters. The van der Waals surface area contributed by atoms with Crippen LogP contribution in [0.2, 0.25) is 0 Å². The molecular weight excluding hydrogens is 429 g/mol. The number of rotatable bonds is 4. The van der Waals surface area contributed by atoms with E-state index in [1.54, 1.807) is 6.20 Å². The van der Waals surface area contributed by atoms with E-state index in [1.165, 1.54) is 19.2 Å². The zero-order chi connectivity index (χ0) is 23.7. The van der Waals surface area contributed by atoms with Gasteiger partial charge in [-0.1, -0.05) is 6.92 Å². The number of amides is 1. The van der Waals surface area contributed by atoms with Gasteiger partial charge in [0.05, 0.1) is 17.4 Å². The number of aryl methyl sites for hydroxylation is 1. The molecule has 2 aromatic heterocycles. The molecule has 0 bridgehead atoms. The summed E-state index contributed by atoms with van der Waals surface area (Å²) < 4.78 is 43.3. The fourth-order valence-corrected chi connectivity index (χ4v) is 4.43. The van der Waals surface area contributed by atoms with Crippen LogP contribution in [-0.2, 0) is 0 Å². The van der Waals surface area contributed by atoms with E-state index in [2.05, 4.69) is 28.6 Å². The number of halogens is 3. The largest absolute Gasteiger partial charge is 0.327 e. The molecule has 1 aliphatic rings. The standard InChI is InChI=1S/C25H24F3N4O/c1-13-7-15(11-16(29)8-13)17-5-6-30-12-22(17)32-25(33)21-4-3-18(26)24(31-21)23-19(27)9-14(2)10-20(23)28/h3-6,8-10,12-13,15-16H,7,11,29H2,1-2H3,(H,32,33). The Kier molecular flexibility index (Phi) is 6.47. The van der Waals surface area contributed by atoms with Crippen molar-refractivity contribution in [1.29, 1.82) is 0 Å². The maximum absolute atomic E-state index is 14.4. The summed E-state index contributed by atoms with van der Waals surface area (Å²) in [5.74, 6) is -3.02. The first-order chi connectivity index (χ1) is 15.7. The highest BCUT2D eigenvalue weighted by molar-refractivity contribution is 6.03. The molecule has 1 saturated carbocycles. The van der Waals surface area contributed by atoms with Gasteiger partial charge in [-0.15, -0.1) is 0 Å². The summed E-state index contributed by atoms with van der Waals surface area (Å²) in [4.78, 5) is 21.0. The van der Waals surface area contributed by atoms with E-state index in [9.17, 15) is 18.0 Å². The summed E-state index contributed by atoms with van der Waals surface area (Å²) in [6.07, 6.45) is 6.92. The Hall–Kier alpha value is -3.26. The van der Waals surface area contributed by atoms with Crippen LogP contribution in [-0.4, -0.2) is 21.9 Å². The predicted octanol–water partition coefficient (Wildman–Crippen LogP) is 5.17. The Labute approximate surface area is 190 Å². The Morgan fingerprint density at radius 2 is 1.82 bits per heavy atom. The number of carbonyl (C=O) groups is 1. The van der Waals surface area contributed by atoms with Crippen LogP contribution in [0.5, 0.6) is 0 Å². The minimum Gasteiger partial charge on any atom is -0.327 e. The van der Waals surface area contributed by atoms with Gasteiger partial charge in [0.25, 0.3) is 5.91 Å². The van der Waals surface area contributed by atoms with Crippen LogP contribution in [0.3, 0.4) is 0 Å². The molecule has 1 aliphatic carbocycles. The molecule has 0 aliphatic heterocycles. The number of nitrogens with one attached hydrogen (secondary N) is 1. The van der Waals surface area contributed by atoms with Crippen LogP contribution < -0.4 is 11.1 Å². The number of aromatic nitrogens is 2. The minimum atomic E-state index is -0.953. The summed E-state index contributed by atoms with van der Waals surface area (Å²) in [7, 11) is 0. The van der Waals surface area contributed by atoms with Crippen molar-refractivity contribution in [1.82, 2.24) is 9.97 Å². The second-order valence-corrected chi connectivity index (χ2v) is 8.55. The van der Waals surface area contributed by atoms with E-state index in [1.807, 2.05) is 6.07 Å². The molecule has 3 N–H and O–H groups in total. The number of hydrogen-bond acceptors (Lipinski definition) is 4. The topological polar surface area (TPSA) is 80.9 Å². The van der Waals surface area contributed by atoms with Crippen LogP contribution in [0, 0.1) is 36.7 Å². The first-order valence-electron chi connectivity index (χ1n) is 10.7. The second-order valence-electron chi connectivity index (χ2n) is 8.55. The van der Waals surface area contributed by atoms with E-state index >= 15 is 0 Å². The number of pyridine rings is 2. The molecule has 0 spiro atoms. The molecular formula is C25H24F3N4O. The molecule has 171 valence electrons. The molecule has 2 heterocycles. The van der Waals surface area contributed by atoms with Crippen molar-refractivity contribution in [3.63, 3.8) is 0 Å². The van der Waals surface area contributed by atoms with Crippen molar-refractivity contribution in [3.05, 3.63) is 83.4 Å².